The van der Waals surface area contributed by atoms with Gasteiger partial charge in [0.1, 0.15) is 22.6 Å². The van der Waals surface area contributed by atoms with E-state index in [1.807, 2.05) is 6.07 Å². The minimum absolute atomic E-state index is 0.104. The number of benzene rings is 2. The molecule has 0 aliphatic rings. The van der Waals surface area contributed by atoms with Crippen LogP contribution in [-0.2, 0) is 0 Å². The Labute approximate surface area is 147 Å². The molecule has 4 rings (SSSR count). The molecule has 2 heterocycles. The number of carboxylic acids is 1. The summed E-state index contributed by atoms with van der Waals surface area (Å²) >= 11 is 3.36. The minimum atomic E-state index is -1.31. The van der Waals surface area contributed by atoms with E-state index in [4.69, 9.17) is 4.42 Å². The number of carbonyl (C=O) groups is 1. The minimum Gasteiger partial charge on any atom is -0.478 e. The van der Waals surface area contributed by atoms with E-state index in [0.717, 1.165) is 15.9 Å². The molecule has 0 saturated carbocycles. The van der Waals surface area contributed by atoms with Gasteiger partial charge in [-0.3, -0.25) is 0 Å². The van der Waals surface area contributed by atoms with Crippen molar-refractivity contribution in [3.8, 4) is 11.5 Å². The van der Waals surface area contributed by atoms with Gasteiger partial charge in [0.25, 0.3) is 0 Å². The first-order valence-corrected chi connectivity index (χ1v) is 7.94. The third-order valence-electron chi connectivity index (χ3n) is 3.79. The van der Waals surface area contributed by atoms with Gasteiger partial charge in [-0.25, -0.2) is 18.6 Å². The Bertz CT molecular complexity index is 1170. The molecule has 0 fully saturated rings. The van der Waals surface area contributed by atoms with Gasteiger partial charge in [0, 0.05) is 21.3 Å². The third kappa shape index (κ3) is 2.66. The molecule has 0 radical (unpaired) electrons. The molecule has 0 bridgehead atoms. The molecule has 0 unspecified atom stereocenters. The van der Waals surface area contributed by atoms with Crippen LogP contribution in [0.5, 0.6) is 0 Å². The fraction of sp³-hybridized carbons (Fsp3) is 0. The van der Waals surface area contributed by atoms with E-state index >= 15 is 0 Å². The average Bonchev–Trinajstić information content (AvgIpc) is 2.96. The van der Waals surface area contributed by atoms with Crippen LogP contribution < -0.4 is 0 Å². The van der Waals surface area contributed by atoms with Crippen molar-refractivity contribution in [1.29, 1.82) is 0 Å². The zero-order valence-corrected chi connectivity index (χ0v) is 14.0. The molecule has 2 aromatic carbocycles. The first-order chi connectivity index (χ1) is 11.9. The molecule has 4 aromatic rings. The lowest BCUT2D eigenvalue weighted by Crippen LogP contribution is -2.02. The number of fused-ring (bicyclic) bond motifs is 2. The molecular formula is C18H8BrF2NO3. The van der Waals surface area contributed by atoms with E-state index in [9.17, 15) is 18.7 Å². The van der Waals surface area contributed by atoms with Crippen molar-refractivity contribution in [3.05, 3.63) is 64.1 Å². The highest BCUT2D eigenvalue weighted by atomic mass is 79.9. The lowest BCUT2D eigenvalue weighted by Gasteiger charge is -2.06. The zero-order chi connectivity index (χ0) is 17.7. The Morgan fingerprint density at radius 2 is 1.92 bits per heavy atom. The lowest BCUT2D eigenvalue weighted by molar-refractivity contribution is 0.0699. The van der Waals surface area contributed by atoms with Gasteiger partial charge >= 0.3 is 5.97 Å². The van der Waals surface area contributed by atoms with E-state index in [1.54, 1.807) is 18.2 Å². The van der Waals surface area contributed by atoms with Gasteiger partial charge in [-0.2, -0.15) is 0 Å². The Balaban J connectivity index is 2.02. The summed E-state index contributed by atoms with van der Waals surface area (Å²) in [7, 11) is 0. The number of aromatic nitrogens is 1. The Hall–Kier alpha value is -2.80. The fourth-order valence-corrected chi connectivity index (χ4v) is 3.07. The van der Waals surface area contributed by atoms with E-state index < -0.39 is 17.6 Å². The second-order valence-electron chi connectivity index (χ2n) is 5.44. The van der Waals surface area contributed by atoms with Crippen LogP contribution in [0.2, 0.25) is 0 Å². The maximum absolute atomic E-state index is 14.1. The summed E-state index contributed by atoms with van der Waals surface area (Å²) < 4.78 is 34.1. The van der Waals surface area contributed by atoms with Crippen LogP contribution in [0.25, 0.3) is 33.3 Å². The molecule has 25 heavy (non-hydrogen) atoms. The average molecular weight is 404 g/mol. The molecule has 0 atom stereocenters. The summed E-state index contributed by atoms with van der Waals surface area (Å²) in [5.41, 5.74) is 0.261. The third-order valence-corrected chi connectivity index (χ3v) is 4.29. The predicted molar refractivity (Wildman–Crippen MR) is 91.5 cm³/mol. The van der Waals surface area contributed by atoms with Crippen LogP contribution in [-0.4, -0.2) is 16.1 Å². The van der Waals surface area contributed by atoms with Crippen LogP contribution in [0, 0.1) is 11.6 Å². The zero-order valence-electron chi connectivity index (χ0n) is 12.4. The second-order valence-corrected chi connectivity index (χ2v) is 6.35. The monoisotopic (exact) mass is 403 g/mol. The maximum atomic E-state index is 14.1. The molecule has 0 spiro atoms. The van der Waals surface area contributed by atoms with Gasteiger partial charge in [0.15, 0.2) is 11.6 Å². The number of halogens is 3. The van der Waals surface area contributed by atoms with Crippen molar-refractivity contribution in [2.75, 3.05) is 0 Å². The number of hydrogen-bond donors (Lipinski definition) is 1. The standard InChI is InChI=1S/C18H8BrF2NO3/c19-9-1-2-15-8(3-9)4-16(25-15)14-7-12(18(23)24)11-5-10(20)6-13(21)17(11)22-14/h1-7H,(H,23,24). The van der Waals surface area contributed by atoms with Crippen LogP contribution in [0.1, 0.15) is 10.4 Å². The highest BCUT2D eigenvalue weighted by Crippen LogP contribution is 2.32. The second kappa shape index (κ2) is 5.63. The summed E-state index contributed by atoms with van der Waals surface area (Å²) in [6.45, 7) is 0. The molecule has 0 saturated heterocycles. The normalized spacial score (nSPS) is 11.3. The summed E-state index contributed by atoms with van der Waals surface area (Å²) in [5, 5.41) is 10.1. The van der Waals surface area contributed by atoms with E-state index in [0.29, 0.717) is 17.4 Å². The largest absolute Gasteiger partial charge is 0.478 e. The number of aromatic carboxylic acids is 1. The molecule has 0 aliphatic carbocycles. The van der Waals surface area contributed by atoms with Gasteiger partial charge < -0.3 is 9.52 Å². The van der Waals surface area contributed by atoms with E-state index in [2.05, 4.69) is 20.9 Å². The van der Waals surface area contributed by atoms with Crippen molar-refractivity contribution < 1.29 is 23.1 Å². The first-order valence-electron chi connectivity index (χ1n) is 7.15. The fourth-order valence-electron chi connectivity index (χ4n) is 2.70. The number of pyridine rings is 1. The summed E-state index contributed by atoms with van der Waals surface area (Å²) in [4.78, 5) is 15.7. The van der Waals surface area contributed by atoms with Gasteiger partial charge in [0.2, 0.25) is 0 Å². The Morgan fingerprint density at radius 3 is 2.68 bits per heavy atom. The van der Waals surface area contributed by atoms with E-state index in [1.165, 1.54) is 6.07 Å². The molecule has 1 N–H and O–H groups in total. The van der Waals surface area contributed by atoms with Crippen molar-refractivity contribution in [2.45, 2.75) is 0 Å². The Kier molecular flexibility index (Phi) is 3.54. The van der Waals surface area contributed by atoms with Crippen LogP contribution in [0.3, 0.4) is 0 Å². The van der Waals surface area contributed by atoms with Crippen LogP contribution in [0.4, 0.5) is 8.78 Å². The smallest absolute Gasteiger partial charge is 0.336 e. The van der Waals surface area contributed by atoms with Gasteiger partial charge in [0.05, 0.1) is 5.56 Å². The summed E-state index contributed by atoms with van der Waals surface area (Å²) in [6.07, 6.45) is 0. The first kappa shape index (κ1) is 15.7. The van der Waals surface area contributed by atoms with Crippen molar-refractivity contribution in [3.63, 3.8) is 0 Å². The number of nitrogens with zero attached hydrogens (tertiary/aromatic N) is 1. The predicted octanol–water partition coefficient (Wildman–Crippen LogP) is 5.39. The number of carboxylic acid groups (broad SMARTS) is 1. The SMILES string of the molecule is O=C(O)c1cc(-c2cc3cc(Br)ccc3o2)nc2c(F)cc(F)cc12. The molecule has 0 aliphatic heterocycles. The highest BCUT2D eigenvalue weighted by molar-refractivity contribution is 9.10. The van der Waals surface area contributed by atoms with Crippen molar-refractivity contribution in [1.82, 2.24) is 4.98 Å². The molecule has 7 heteroatoms. The Morgan fingerprint density at radius 1 is 1.12 bits per heavy atom. The topological polar surface area (TPSA) is 63.3 Å². The van der Waals surface area contributed by atoms with Gasteiger partial charge in [-0.15, -0.1) is 0 Å². The summed E-state index contributed by atoms with van der Waals surface area (Å²) in [6, 6.07) is 9.93. The molecular weight excluding hydrogens is 396 g/mol. The van der Waals surface area contributed by atoms with Crippen LogP contribution >= 0.6 is 15.9 Å². The molecule has 2 aromatic heterocycles. The highest BCUT2D eigenvalue weighted by Gasteiger charge is 2.18. The van der Waals surface area contributed by atoms with E-state index in [-0.39, 0.29) is 22.2 Å². The number of hydrogen-bond acceptors (Lipinski definition) is 3. The van der Waals surface area contributed by atoms with Crippen molar-refractivity contribution >= 4 is 43.8 Å². The van der Waals surface area contributed by atoms with Gasteiger partial charge in [-0.1, -0.05) is 15.9 Å². The molecule has 4 nitrogen and oxygen atoms in total. The number of rotatable bonds is 2. The quantitative estimate of drug-likeness (QED) is 0.487. The van der Waals surface area contributed by atoms with Crippen molar-refractivity contribution in [2.24, 2.45) is 0 Å². The van der Waals surface area contributed by atoms with Gasteiger partial charge in [-0.05, 0) is 36.4 Å². The number of furan rings is 1. The lowest BCUT2D eigenvalue weighted by atomic mass is 10.1. The molecule has 0 amide bonds. The van der Waals surface area contributed by atoms with Crippen LogP contribution in [0.15, 0.2) is 51.4 Å². The summed E-state index contributed by atoms with van der Waals surface area (Å²) in [5.74, 6) is -2.81. The molecule has 124 valence electrons. The maximum Gasteiger partial charge on any atom is 0.336 e.